The van der Waals surface area contributed by atoms with Crippen LogP contribution < -0.4 is 0 Å². The van der Waals surface area contributed by atoms with Crippen molar-refractivity contribution in [3.8, 4) is 0 Å². The molecule has 0 aliphatic rings. The first-order valence-corrected chi connectivity index (χ1v) is 2.82. The molecule has 0 bridgehead atoms. The summed E-state index contributed by atoms with van der Waals surface area (Å²) in [6.07, 6.45) is 0. The zero-order valence-corrected chi connectivity index (χ0v) is 7.22. The summed E-state index contributed by atoms with van der Waals surface area (Å²) in [7, 11) is 3.64. The van der Waals surface area contributed by atoms with Crippen LogP contribution in [0.5, 0.6) is 0 Å². The molecule has 0 saturated heterocycles. The van der Waals surface area contributed by atoms with Gasteiger partial charge in [-0.15, -0.1) is 12.4 Å². The molecule has 1 unspecified atom stereocenters. The van der Waals surface area contributed by atoms with Gasteiger partial charge in [0.1, 0.15) is 0 Å². The van der Waals surface area contributed by atoms with Gasteiger partial charge in [0.2, 0.25) is 6.04 Å². The van der Waals surface area contributed by atoms with E-state index < -0.39 is 6.04 Å². The van der Waals surface area contributed by atoms with Gasteiger partial charge >= 0.3 is 0 Å². The maximum absolute atomic E-state index is 10.0. The van der Waals surface area contributed by atoms with Gasteiger partial charge in [-0.05, 0) is 14.1 Å². The molecule has 0 aromatic carbocycles. The van der Waals surface area contributed by atoms with Gasteiger partial charge in [-0.3, -0.25) is 10.1 Å². The second kappa shape index (κ2) is 5.44. The summed E-state index contributed by atoms with van der Waals surface area (Å²) in [5, 5.41) is 10.0. The standard InChI is InChI=1S/C5H12N2O2.ClH/c1-5(7(8)9)4-6(2)3;/h5H,4H2,1-3H3;1H. The molecule has 0 amide bonds. The van der Waals surface area contributed by atoms with E-state index in [9.17, 15) is 10.1 Å². The lowest BCUT2D eigenvalue weighted by molar-refractivity contribution is -0.518. The van der Waals surface area contributed by atoms with Gasteiger partial charge in [-0.25, -0.2) is 0 Å². The van der Waals surface area contributed by atoms with Crippen LogP contribution in [0.4, 0.5) is 0 Å². The van der Waals surface area contributed by atoms with Crippen molar-refractivity contribution in [3.63, 3.8) is 0 Å². The van der Waals surface area contributed by atoms with E-state index in [1.54, 1.807) is 11.8 Å². The van der Waals surface area contributed by atoms with Crippen LogP contribution in [0.25, 0.3) is 0 Å². The number of hydrogen-bond acceptors (Lipinski definition) is 3. The summed E-state index contributed by atoms with van der Waals surface area (Å²) in [6.45, 7) is 2.10. The molecule has 0 radical (unpaired) electrons. The summed E-state index contributed by atoms with van der Waals surface area (Å²) in [5.41, 5.74) is 0. The minimum Gasteiger partial charge on any atom is -0.303 e. The van der Waals surface area contributed by atoms with Crippen LogP contribution >= 0.6 is 12.4 Å². The molecule has 10 heavy (non-hydrogen) atoms. The van der Waals surface area contributed by atoms with Crippen molar-refractivity contribution in [3.05, 3.63) is 10.1 Å². The van der Waals surface area contributed by atoms with Crippen LogP contribution in [-0.4, -0.2) is 36.5 Å². The molecule has 0 saturated carbocycles. The molecular formula is C5H13ClN2O2. The zero-order chi connectivity index (χ0) is 7.44. The number of likely N-dealkylation sites (N-methyl/N-ethyl adjacent to an activating group) is 1. The lowest BCUT2D eigenvalue weighted by atomic mass is 10.3. The lowest BCUT2D eigenvalue weighted by Crippen LogP contribution is -2.29. The van der Waals surface area contributed by atoms with Crippen molar-refractivity contribution in [2.45, 2.75) is 13.0 Å². The van der Waals surface area contributed by atoms with E-state index in [1.807, 2.05) is 14.1 Å². The lowest BCUT2D eigenvalue weighted by Gasteiger charge is -2.09. The van der Waals surface area contributed by atoms with E-state index >= 15 is 0 Å². The number of nitro groups is 1. The maximum Gasteiger partial charge on any atom is 0.222 e. The van der Waals surface area contributed by atoms with Gasteiger partial charge in [-0.2, -0.15) is 0 Å². The third-order valence-electron chi connectivity index (χ3n) is 0.989. The molecule has 0 aromatic heterocycles. The van der Waals surface area contributed by atoms with Crippen molar-refractivity contribution in [2.75, 3.05) is 20.6 Å². The molecule has 0 aliphatic carbocycles. The Bertz CT molecular complexity index is 108. The number of hydrogen-bond donors (Lipinski definition) is 0. The average Bonchev–Trinajstić information content (AvgIpc) is 1.63. The molecule has 4 nitrogen and oxygen atoms in total. The quantitative estimate of drug-likeness (QED) is 0.459. The highest BCUT2D eigenvalue weighted by Crippen LogP contribution is 1.88. The Kier molecular flexibility index (Phi) is 6.71. The fourth-order valence-corrected chi connectivity index (χ4v) is 0.595. The van der Waals surface area contributed by atoms with E-state index in [0.29, 0.717) is 6.54 Å². The zero-order valence-electron chi connectivity index (χ0n) is 6.40. The third-order valence-corrected chi connectivity index (χ3v) is 0.989. The van der Waals surface area contributed by atoms with Gasteiger partial charge in [0.15, 0.2) is 0 Å². The molecular weight excluding hydrogens is 156 g/mol. The number of rotatable bonds is 3. The second-order valence-corrected chi connectivity index (χ2v) is 2.40. The monoisotopic (exact) mass is 168 g/mol. The molecule has 0 aromatic rings. The van der Waals surface area contributed by atoms with E-state index in [-0.39, 0.29) is 17.3 Å². The third kappa shape index (κ3) is 5.78. The normalized spacial score (nSPS) is 12.4. The predicted octanol–water partition coefficient (Wildman–Crippen LogP) is 0.635. The van der Waals surface area contributed by atoms with Gasteiger partial charge in [-0.1, -0.05) is 0 Å². The molecule has 0 aliphatic heterocycles. The SMILES string of the molecule is CC(CN(C)C)[N+](=O)[O-].Cl. The Hall–Kier alpha value is -0.350. The fourth-order valence-electron chi connectivity index (χ4n) is 0.595. The summed E-state index contributed by atoms with van der Waals surface area (Å²) < 4.78 is 0. The Labute approximate surface area is 66.8 Å². The van der Waals surface area contributed by atoms with Gasteiger partial charge < -0.3 is 4.90 Å². The van der Waals surface area contributed by atoms with E-state index in [2.05, 4.69) is 0 Å². The van der Waals surface area contributed by atoms with Crippen molar-refractivity contribution >= 4 is 12.4 Å². The highest BCUT2D eigenvalue weighted by atomic mass is 35.5. The highest BCUT2D eigenvalue weighted by molar-refractivity contribution is 5.85. The van der Waals surface area contributed by atoms with Crippen LogP contribution in [0.1, 0.15) is 6.92 Å². The Morgan fingerprint density at radius 2 is 2.00 bits per heavy atom. The first-order valence-electron chi connectivity index (χ1n) is 2.82. The molecule has 0 rings (SSSR count). The molecule has 0 fully saturated rings. The van der Waals surface area contributed by atoms with Crippen LogP contribution in [0.15, 0.2) is 0 Å². The molecule has 5 heteroatoms. The minimum atomic E-state index is -0.458. The van der Waals surface area contributed by atoms with Gasteiger partial charge in [0.25, 0.3) is 0 Å². The summed E-state index contributed by atoms with van der Waals surface area (Å²) >= 11 is 0. The number of nitrogens with zero attached hydrogens (tertiary/aromatic N) is 2. The van der Waals surface area contributed by atoms with Gasteiger partial charge in [0.05, 0.1) is 6.54 Å². The Balaban J connectivity index is 0. The van der Waals surface area contributed by atoms with E-state index in [0.717, 1.165) is 0 Å². The van der Waals surface area contributed by atoms with Crippen molar-refractivity contribution in [1.29, 1.82) is 0 Å². The van der Waals surface area contributed by atoms with Crippen LogP contribution in [0.3, 0.4) is 0 Å². The summed E-state index contributed by atoms with van der Waals surface area (Å²) in [5.74, 6) is 0. The van der Waals surface area contributed by atoms with Crippen LogP contribution in [0.2, 0.25) is 0 Å². The molecule has 0 spiro atoms. The van der Waals surface area contributed by atoms with Crippen LogP contribution in [0, 0.1) is 10.1 Å². The first-order chi connectivity index (χ1) is 4.04. The Morgan fingerprint density at radius 3 is 2.10 bits per heavy atom. The molecule has 0 N–H and O–H groups in total. The largest absolute Gasteiger partial charge is 0.303 e. The molecule has 62 valence electrons. The smallest absolute Gasteiger partial charge is 0.222 e. The van der Waals surface area contributed by atoms with Crippen molar-refractivity contribution in [1.82, 2.24) is 4.90 Å². The molecule has 1 atom stereocenters. The highest BCUT2D eigenvalue weighted by Gasteiger charge is 2.12. The number of halogens is 1. The average molecular weight is 169 g/mol. The fraction of sp³-hybridized carbons (Fsp3) is 1.00. The van der Waals surface area contributed by atoms with Crippen molar-refractivity contribution in [2.24, 2.45) is 0 Å². The predicted molar refractivity (Wildman–Crippen MR) is 42.3 cm³/mol. The van der Waals surface area contributed by atoms with Crippen LogP contribution in [-0.2, 0) is 0 Å². The Morgan fingerprint density at radius 1 is 1.60 bits per heavy atom. The molecule has 0 heterocycles. The van der Waals surface area contributed by atoms with Gasteiger partial charge in [0, 0.05) is 11.8 Å². The minimum absolute atomic E-state index is 0. The van der Waals surface area contributed by atoms with E-state index in [1.165, 1.54) is 0 Å². The second-order valence-electron chi connectivity index (χ2n) is 2.40. The summed E-state index contributed by atoms with van der Waals surface area (Å²) in [6, 6.07) is -0.458. The maximum atomic E-state index is 10.0. The van der Waals surface area contributed by atoms with Crippen molar-refractivity contribution < 1.29 is 4.92 Å². The topological polar surface area (TPSA) is 46.4 Å². The summed E-state index contributed by atoms with van der Waals surface area (Å²) in [4.78, 5) is 11.5. The van der Waals surface area contributed by atoms with E-state index in [4.69, 9.17) is 0 Å². The first kappa shape index (κ1) is 12.3.